The lowest BCUT2D eigenvalue weighted by atomic mass is 10.7. The van der Waals surface area contributed by atoms with Crippen LogP contribution in [0.4, 0.5) is 19.1 Å². The Hall–Kier alpha value is -1.31. The van der Waals surface area contributed by atoms with Crippen molar-refractivity contribution in [3.05, 3.63) is 5.28 Å². The van der Waals surface area contributed by atoms with Gasteiger partial charge in [0.2, 0.25) is 11.2 Å². The topological polar surface area (TPSA) is 51.1 Å². The number of anilines is 1. The largest absolute Gasteiger partial charge is 0.454 e. The molecule has 0 N–H and O–H groups in total. The lowest BCUT2D eigenvalue weighted by molar-refractivity contribution is -0.154. The highest BCUT2D eigenvalue weighted by Crippen LogP contribution is 2.18. The van der Waals surface area contributed by atoms with Crippen molar-refractivity contribution in [2.45, 2.75) is 6.18 Å². The van der Waals surface area contributed by atoms with Gasteiger partial charge in [0.1, 0.15) is 0 Å². The van der Waals surface area contributed by atoms with Gasteiger partial charge < -0.3 is 9.64 Å². The summed E-state index contributed by atoms with van der Waals surface area (Å²) in [6, 6.07) is -0.457. The molecule has 16 heavy (non-hydrogen) atoms. The van der Waals surface area contributed by atoms with Crippen LogP contribution in [0.3, 0.4) is 0 Å². The zero-order valence-electron chi connectivity index (χ0n) is 8.42. The standard InChI is InChI=1S/C7H8ClF3N4O/c1-15(2)5-12-4(8)13-6(14-5)16-3-7(9,10)11/h3H2,1-2H3. The van der Waals surface area contributed by atoms with Crippen molar-refractivity contribution in [1.29, 1.82) is 0 Å². The first-order valence-electron chi connectivity index (χ1n) is 4.06. The maximum atomic E-state index is 11.9. The molecule has 1 rings (SSSR count). The maximum absolute atomic E-state index is 11.9. The molecule has 0 aliphatic carbocycles. The van der Waals surface area contributed by atoms with Crippen LogP contribution in [0.5, 0.6) is 6.01 Å². The molecular formula is C7H8ClF3N4O. The summed E-state index contributed by atoms with van der Waals surface area (Å²) >= 11 is 5.49. The van der Waals surface area contributed by atoms with E-state index in [0.717, 1.165) is 0 Å². The number of ether oxygens (including phenoxy) is 1. The van der Waals surface area contributed by atoms with E-state index >= 15 is 0 Å². The van der Waals surface area contributed by atoms with Gasteiger partial charge in [0.25, 0.3) is 0 Å². The van der Waals surface area contributed by atoms with E-state index < -0.39 is 18.8 Å². The molecular weight excluding hydrogens is 249 g/mol. The highest BCUT2D eigenvalue weighted by Gasteiger charge is 2.29. The van der Waals surface area contributed by atoms with E-state index in [9.17, 15) is 13.2 Å². The predicted molar refractivity (Wildman–Crippen MR) is 50.7 cm³/mol. The number of nitrogens with zero attached hydrogens (tertiary/aromatic N) is 4. The molecule has 9 heteroatoms. The number of rotatable bonds is 3. The summed E-state index contributed by atoms with van der Waals surface area (Å²) < 4.78 is 39.9. The quantitative estimate of drug-likeness (QED) is 0.821. The first-order valence-corrected chi connectivity index (χ1v) is 4.44. The lowest BCUT2D eigenvalue weighted by Gasteiger charge is -2.12. The summed E-state index contributed by atoms with van der Waals surface area (Å²) in [7, 11) is 3.22. The first kappa shape index (κ1) is 12.8. The third-order valence-electron chi connectivity index (χ3n) is 1.34. The predicted octanol–water partition coefficient (Wildman–Crippen LogP) is 1.53. The zero-order chi connectivity index (χ0) is 12.3. The van der Waals surface area contributed by atoms with Gasteiger partial charge in [0.05, 0.1) is 0 Å². The van der Waals surface area contributed by atoms with Crippen LogP contribution in [0.2, 0.25) is 5.28 Å². The van der Waals surface area contributed by atoms with Gasteiger partial charge in [0, 0.05) is 14.1 Å². The molecule has 0 aromatic carbocycles. The van der Waals surface area contributed by atoms with Crippen LogP contribution in [0.15, 0.2) is 0 Å². The Morgan fingerprint density at radius 3 is 2.38 bits per heavy atom. The van der Waals surface area contributed by atoms with E-state index in [1.807, 2.05) is 0 Å². The number of hydrogen-bond acceptors (Lipinski definition) is 5. The van der Waals surface area contributed by atoms with Crippen molar-refractivity contribution in [1.82, 2.24) is 15.0 Å². The third-order valence-corrected chi connectivity index (χ3v) is 1.51. The van der Waals surface area contributed by atoms with E-state index in [1.54, 1.807) is 14.1 Å². The molecule has 0 atom stereocenters. The van der Waals surface area contributed by atoms with Gasteiger partial charge in [-0.05, 0) is 11.6 Å². The van der Waals surface area contributed by atoms with Crippen molar-refractivity contribution in [2.24, 2.45) is 0 Å². The van der Waals surface area contributed by atoms with E-state index in [0.29, 0.717) is 0 Å². The Morgan fingerprint density at radius 1 is 1.25 bits per heavy atom. The van der Waals surface area contributed by atoms with Gasteiger partial charge in [-0.1, -0.05) is 0 Å². The minimum atomic E-state index is -4.45. The molecule has 0 amide bonds. The molecule has 0 aliphatic rings. The van der Waals surface area contributed by atoms with Crippen molar-refractivity contribution in [3.8, 4) is 6.01 Å². The van der Waals surface area contributed by atoms with Gasteiger partial charge in [-0.2, -0.15) is 28.1 Å². The smallest absolute Gasteiger partial charge is 0.422 e. The minimum absolute atomic E-state index is 0.122. The van der Waals surface area contributed by atoms with E-state index in [1.165, 1.54) is 4.90 Å². The van der Waals surface area contributed by atoms with Gasteiger partial charge in [-0.15, -0.1) is 0 Å². The molecule has 1 aromatic heterocycles. The van der Waals surface area contributed by atoms with Crippen LogP contribution in [0.25, 0.3) is 0 Å². The molecule has 1 aromatic rings. The monoisotopic (exact) mass is 256 g/mol. The molecule has 0 radical (unpaired) electrons. The minimum Gasteiger partial charge on any atom is -0.454 e. The second kappa shape index (κ2) is 4.69. The molecule has 0 saturated heterocycles. The average molecular weight is 257 g/mol. The molecule has 0 unspecified atom stereocenters. The Morgan fingerprint density at radius 2 is 1.88 bits per heavy atom. The second-order valence-corrected chi connectivity index (χ2v) is 3.32. The highest BCUT2D eigenvalue weighted by molar-refractivity contribution is 6.28. The average Bonchev–Trinajstić information content (AvgIpc) is 2.13. The summed E-state index contributed by atoms with van der Waals surface area (Å²) in [5.41, 5.74) is 0. The van der Waals surface area contributed by atoms with Gasteiger partial charge >= 0.3 is 12.2 Å². The zero-order valence-corrected chi connectivity index (χ0v) is 9.17. The third kappa shape index (κ3) is 4.05. The Balaban J connectivity index is 2.81. The van der Waals surface area contributed by atoms with Gasteiger partial charge in [-0.25, -0.2) is 0 Å². The summed E-state index contributed by atoms with van der Waals surface area (Å²) in [5.74, 6) is 0.122. The second-order valence-electron chi connectivity index (χ2n) is 2.99. The molecule has 5 nitrogen and oxygen atoms in total. The van der Waals surface area contributed by atoms with Crippen LogP contribution in [-0.2, 0) is 0 Å². The fourth-order valence-corrected chi connectivity index (χ4v) is 0.881. The summed E-state index contributed by atoms with van der Waals surface area (Å²) in [5, 5.41) is -0.226. The molecule has 0 aliphatic heterocycles. The fourth-order valence-electron chi connectivity index (χ4n) is 0.733. The molecule has 90 valence electrons. The lowest BCUT2D eigenvalue weighted by Crippen LogP contribution is -2.21. The fraction of sp³-hybridized carbons (Fsp3) is 0.571. The highest BCUT2D eigenvalue weighted by atomic mass is 35.5. The van der Waals surface area contributed by atoms with Crippen LogP contribution >= 0.6 is 11.6 Å². The number of hydrogen-bond donors (Lipinski definition) is 0. The molecule has 0 saturated carbocycles. The molecule has 0 fully saturated rings. The molecule has 0 bridgehead atoms. The normalized spacial score (nSPS) is 11.4. The summed E-state index contributed by atoms with van der Waals surface area (Å²) in [6.07, 6.45) is -4.45. The van der Waals surface area contributed by atoms with E-state index in [-0.39, 0.29) is 11.2 Å². The molecule has 0 spiro atoms. The van der Waals surface area contributed by atoms with E-state index in [4.69, 9.17) is 11.6 Å². The summed E-state index contributed by atoms with van der Waals surface area (Å²) in [6.45, 7) is -1.47. The van der Waals surface area contributed by atoms with E-state index in [2.05, 4.69) is 19.7 Å². The van der Waals surface area contributed by atoms with Crippen molar-refractivity contribution >= 4 is 17.5 Å². The van der Waals surface area contributed by atoms with Crippen LogP contribution < -0.4 is 9.64 Å². The number of aromatic nitrogens is 3. The first-order chi connectivity index (χ1) is 7.28. The maximum Gasteiger partial charge on any atom is 0.422 e. The van der Waals surface area contributed by atoms with Gasteiger partial charge in [0.15, 0.2) is 6.61 Å². The number of halogens is 4. The molecule has 1 heterocycles. The summed E-state index contributed by atoms with van der Waals surface area (Å²) in [4.78, 5) is 12.2. The van der Waals surface area contributed by atoms with Crippen molar-refractivity contribution in [2.75, 3.05) is 25.6 Å². The van der Waals surface area contributed by atoms with Crippen LogP contribution in [0, 0.1) is 0 Å². The Labute approximate surface area is 94.2 Å². The Kier molecular flexibility index (Phi) is 3.74. The van der Waals surface area contributed by atoms with Crippen molar-refractivity contribution in [3.63, 3.8) is 0 Å². The van der Waals surface area contributed by atoms with Gasteiger partial charge in [-0.3, -0.25) is 0 Å². The SMILES string of the molecule is CN(C)c1nc(Cl)nc(OCC(F)(F)F)n1. The van der Waals surface area contributed by atoms with Crippen molar-refractivity contribution < 1.29 is 17.9 Å². The van der Waals surface area contributed by atoms with Crippen LogP contribution in [0.1, 0.15) is 0 Å². The van der Waals surface area contributed by atoms with Crippen LogP contribution in [-0.4, -0.2) is 41.8 Å². The Bertz CT molecular complexity index is 371. The number of alkyl halides is 3.